The molecule has 82 valence electrons. The molecule has 0 N–H and O–H groups in total. The first-order chi connectivity index (χ1) is 7.61. The maximum atomic E-state index is 13.2. The van der Waals surface area contributed by atoms with E-state index in [9.17, 15) is 9.18 Å². The van der Waals surface area contributed by atoms with Crippen molar-refractivity contribution in [2.45, 2.75) is 13.8 Å². The summed E-state index contributed by atoms with van der Waals surface area (Å²) >= 11 is 0. The molecule has 0 saturated heterocycles. The zero-order valence-corrected chi connectivity index (χ0v) is 9.08. The highest BCUT2D eigenvalue weighted by molar-refractivity contribution is 5.88. The number of carbonyl (C=O) groups excluding carboxylic acids is 1. The molecule has 3 heteroatoms. The van der Waals surface area contributed by atoms with Crippen LogP contribution in [0.5, 0.6) is 0 Å². The average Bonchev–Trinajstić information content (AvgIpc) is 2.57. The molecule has 2 nitrogen and oxygen atoms in total. The zero-order chi connectivity index (χ0) is 11.7. The van der Waals surface area contributed by atoms with E-state index < -0.39 is 0 Å². The first-order valence-corrected chi connectivity index (χ1v) is 4.94. The minimum absolute atomic E-state index is 0.362. The molecule has 0 fully saturated rings. The van der Waals surface area contributed by atoms with Gasteiger partial charge < -0.3 is 4.42 Å². The number of carbonyl (C=O) groups is 1. The summed E-state index contributed by atoms with van der Waals surface area (Å²) in [5.74, 6) is 1.07. The van der Waals surface area contributed by atoms with Crippen LogP contribution < -0.4 is 0 Å². The van der Waals surface area contributed by atoms with Crippen LogP contribution >= 0.6 is 0 Å². The lowest BCUT2D eigenvalue weighted by Crippen LogP contribution is -1.89. The molecular formula is C13H11FO2. The fraction of sp³-hybridized carbons (Fsp3) is 0.154. The van der Waals surface area contributed by atoms with Gasteiger partial charge in [0, 0.05) is 11.1 Å². The number of hydrogen-bond acceptors (Lipinski definition) is 2. The number of aldehydes is 1. The van der Waals surface area contributed by atoms with E-state index in [0.717, 1.165) is 17.6 Å². The molecule has 0 unspecified atom stereocenters. The number of aryl methyl sites for hydroxylation is 2. The molecule has 0 amide bonds. The largest absolute Gasteiger partial charge is 0.466 e. The van der Waals surface area contributed by atoms with Crippen molar-refractivity contribution in [1.82, 2.24) is 0 Å². The summed E-state index contributed by atoms with van der Waals surface area (Å²) in [7, 11) is 0. The Labute approximate surface area is 92.7 Å². The lowest BCUT2D eigenvalue weighted by molar-refractivity contribution is 0.112. The topological polar surface area (TPSA) is 30.2 Å². The van der Waals surface area contributed by atoms with Crippen LogP contribution in [0, 0.1) is 19.7 Å². The Morgan fingerprint density at radius 3 is 2.50 bits per heavy atom. The average molecular weight is 218 g/mol. The van der Waals surface area contributed by atoms with Gasteiger partial charge in [0.05, 0.1) is 0 Å². The monoisotopic (exact) mass is 218 g/mol. The third kappa shape index (κ3) is 1.76. The predicted octanol–water partition coefficient (Wildman–Crippen LogP) is 3.52. The number of furan rings is 1. The Kier molecular flexibility index (Phi) is 2.60. The van der Waals surface area contributed by atoms with Gasteiger partial charge in [-0.05, 0) is 43.7 Å². The van der Waals surface area contributed by atoms with Crippen LogP contribution in [0.25, 0.3) is 11.1 Å². The normalized spacial score (nSPS) is 10.4. The summed E-state index contributed by atoms with van der Waals surface area (Å²) in [6.45, 7) is 3.61. The van der Waals surface area contributed by atoms with E-state index in [2.05, 4.69) is 0 Å². The van der Waals surface area contributed by atoms with E-state index in [1.807, 2.05) is 6.92 Å². The van der Waals surface area contributed by atoms with Crippen molar-refractivity contribution >= 4 is 6.29 Å². The molecule has 0 radical (unpaired) electrons. The van der Waals surface area contributed by atoms with Crippen LogP contribution in [0.15, 0.2) is 28.7 Å². The Bertz CT molecular complexity index is 541. The van der Waals surface area contributed by atoms with Gasteiger partial charge in [-0.25, -0.2) is 4.39 Å². The Morgan fingerprint density at radius 2 is 1.94 bits per heavy atom. The number of halogens is 1. The van der Waals surface area contributed by atoms with Crippen molar-refractivity contribution in [2.75, 3.05) is 0 Å². The van der Waals surface area contributed by atoms with Crippen LogP contribution in [0.2, 0.25) is 0 Å². The van der Waals surface area contributed by atoms with Crippen molar-refractivity contribution < 1.29 is 13.6 Å². The molecule has 1 aromatic heterocycles. The Hall–Kier alpha value is -1.90. The maximum Gasteiger partial charge on any atom is 0.150 e. The second-order valence-corrected chi connectivity index (χ2v) is 3.68. The quantitative estimate of drug-likeness (QED) is 0.722. The highest BCUT2D eigenvalue weighted by Crippen LogP contribution is 2.29. The number of hydrogen-bond donors (Lipinski definition) is 0. The molecule has 0 spiro atoms. The Morgan fingerprint density at radius 1 is 1.19 bits per heavy atom. The minimum Gasteiger partial charge on any atom is -0.466 e. The van der Waals surface area contributed by atoms with Gasteiger partial charge >= 0.3 is 0 Å². The van der Waals surface area contributed by atoms with Crippen molar-refractivity contribution in [3.05, 3.63) is 47.2 Å². The number of rotatable bonds is 2. The molecule has 1 aromatic carbocycles. The van der Waals surface area contributed by atoms with Crippen molar-refractivity contribution in [1.29, 1.82) is 0 Å². The highest BCUT2D eigenvalue weighted by Gasteiger charge is 2.12. The summed E-state index contributed by atoms with van der Waals surface area (Å²) in [5.41, 5.74) is 1.80. The second kappa shape index (κ2) is 3.93. The van der Waals surface area contributed by atoms with Gasteiger partial charge in [0.2, 0.25) is 0 Å². The summed E-state index contributed by atoms with van der Waals surface area (Å²) in [6.07, 6.45) is 0.719. The van der Waals surface area contributed by atoms with Crippen LogP contribution in [-0.2, 0) is 0 Å². The van der Waals surface area contributed by atoms with Gasteiger partial charge in [-0.3, -0.25) is 4.79 Å². The minimum atomic E-state index is -0.362. The predicted molar refractivity (Wildman–Crippen MR) is 59.0 cm³/mol. The molecule has 0 aliphatic heterocycles. The second-order valence-electron chi connectivity index (χ2n) is 3.68. The maximum absolute atomic E-state index is 13.2. The van der Waals surface area contributed by atoms with Gasteiger partial charge in [-0.1, -0.05) is 0 Å². The summed E-state index contributed by atoms with van der Waals surface area (Å²) in [6, 6.07) is 5.90. The van der Waals surface area contributed by atoms with E-state index in [4.69, 9.17) is 4.42 Å². The van der Waals surface area contributed by atoms with Crippen molar-refractivity contribution in [3.8, 4) is 11.1 Å². The first kappa shape index (κ1) is 10.6. The van der Waals surface area contributed by atoms with E-state index in [1.165, 1.54) is 18.2 Å². The SMILES string of the molecule is Cc1cc(-c2cc(F)ccc2C=O)c(C)o1. The molecule has 0 bridgehead atoms. The van der Waals surface area contributed by atoms with E-state index >= 15 is 0 Å². The highest BCUT2D eigenvalue weighted by atomic mass is 19.1. The molecule has 16 heavy (non-hydrogen) atoms. The Balaban J connectivity index is 2.66. The molecule has 0 atom stereocenters. The van der Waals surface area contributed by atoms with Crippen LogP contribution in [0.1, 0.15) is 21.9 Å². The molecule has 1 heterocycles. The summed E-state index contributed by atoms with van der Waals surface area (Å²) < 4.78 is 18.5. The lowest BCUT2D eigenvalue weighted by Gasteiger charge is -2.03. The van der Waals surface area contributed by atoms with Crippen molar-refractivity contribution in [2.24, 2.45) is 0 Å². The fourth-order valence-electron chi connectivity index (χ4n) is 1.76. The van der Waals surface area contributed by atoms with Gasteiger partial charge in [-0.15, -0.1) is 0 Å². The van der Waals surface area contributed by atoms with Gasteiger partial charge in [-0.2, -0.15) is 0 Å². The van der Waals surface area contributed by atoms with E-state index in [0.29, 0.717) is 16.9 Å². The van der Waals surface area contributed by atoms with Crippen LogP contribution in [-0.4, -0.2) is 6.29 Å². The summed E-state index contributed by atoms with van der Waals surface area (Å²) in [5, 5.41) is 0. The van der Waals surface area contributed by atoms with Gasteiger partial charge in [0.25, 0.3) is 0 Å². The van der Waals surface area contributed by atoms with Gasteiger partial charge in [0.15, 0.2) is 6.29 Å². The third-order valence-electron chi connectivity index (χ3n) is 2.47. The molecule has 2 rings (SSSR count). The van der Waals surface area contributed by atoms with E-state index in [-0.39, 0.29) is 5.82 Å². The molecule has 2 aromatic rings. The van der Waals surface area contributed by atoms with E-state index in [1.54, 1.807) is 13.0 Å². The molecule has 0 aliphatic carbocycles. The lowest BCUT2D eigenvalue weighted by atomic mass is 10.0. The smallest absolute Gasteiger partial charge is 0.150 e. The number of benzene rings is 1. The molecule has 0 saturated carbocycles. The first-order valence-electron chi connectivity index (χ1n) is 4.94. The molecule has 0 aliphatic rings. The molecular weight excluding hydrogens is 207 g/mol. The van der Waals surface area contributed by atoms with Crippen LogP contribution in [0.3, 0.4) is 0 Å². The fourth-order valence-corrected chi connectivity index (χ4v) is 1.76. The van der Waals surface area contributed by atoms with Crippen LogP contribution in [0.4, 0.5) is 4.39 Å². The van der Waals surface area contributed by atoms with Crippen molar-refractivity contribution in [3.63, 3.8) is 0 Å². The zero-order valence-electron chi connectivity index (χ0n) is 9.08. The third-order valence-corrected chi connectivity index (χ3v) is 2.47. The standard InChI is InChI=1S/C13H11FO2/c1-8-5-12(9(2)16-8)13-6-11(14)4-3-10(13)7-15/h3-7H,1-2H3. The van der Waals surface area contributed by atoms with Gasteiger partial charge in [0.1, 0.15) is 17.3 Å². The summed E-state index contributed by atoms with van der Waals surface area (Å²) in [4.78, 5) is 10.9.